The molecule has 2 aromatic carbocycles. The van der Waals surface area contributed by atoms with Crippen LogP contribution in [-0.4, -0.2) is 34.4 Å². The van der Waals surface area contributed by atoms with Crippen molar-refractivity contribution in [2.75, 3.05) is 19.5 Å². The molecule has 0 saturated carbocycles. The van der Waals surface area contributed by atoms with E-state index < -0.39 is 0 Å². The van der Waals surface area contributed by atoms with Gasteiger partial charge in [0.05, 0.1) is 14.2 Å². The van der Waals surface area contributed by atoms with Gasteiger partial charge in [0.15, 0.2) is 0 Å². The highest BCUT2D eigenvalue weighted by Gasteiger charge is 2.24. The number of rotatable bonds is 4. The molecule has 0 aliphatic carbocycles. The molecule has 1 N–H and O–H groups in total. The van der Waals surface area contributed by atoms with Gasteiger partial charge in [-0.15, -0.1) is 0 Å². The number of hydrogen-bond donors (Lipinski definition) is 1. The Morgan fingerprint density at radius 3 is 2.20 bits per heavy atom. The minimum Gasteiger partial charge on any atom is -0.497 e. The third-order valence-electron chi connectivity index (χ3n) is 4.19. The molecule has 126 valence electrons. The molecule has 3 aromatic rings. The molecule has 1 aliphatic rings. The summed E-state index contributed by atoms with van der Waals surface area (Å²) < 4.78 is 12.2. The van der Waals surface area contributed by atoms with Crippen LogP contribution >= 0.6 is 0 Å². The quantitative estimate of drug-likeness (QED) is 0.790. The Bertz CT molecular complexity index is 900. The Hall–Kier alpha value is -3.35. The second-order valence-electron chi connectivity index (χ2n) is 5.60. The smallest absolute Gasteiger partial charge is 0.248 e. The molecule has 7 heteroatoms. The number of anilines is 1. The van der Waals surface area contributed by atoms with Crippen LogP contribution in [0.3, 0.4) is 0 Å². The highest BCUT2D eigenvalue weighted by Crippen LogP contribution is 2.32. The first kappa shape index (κ1) is 15.2. The Labute approximate surface area is 144 Å². The van der Waals surface area contributed by atoms with E-state index >= 15 is 0 Å². The van der Waals surface area contributed by atoms with E-state index in [0.717, 1.165) is 28.3 Å². The summed E-state index contributed by atoms with van der Waals surface area (Å²) >= 11 is 0. The molecule has 25 heavy (non-hydrogen) atoms. The fourth-order valence-corrected chi connectivity index (χ4v) is 2.83. The zero-order chi connectivity index (χ0) is 17.2. The van der Waals surface area contributed by atoms with Gasteiger partial charge >= 0.3 is 0 Å². The molecule has 1 atom stereocenters. The average Bonchev–Trinajstić information content (AvgIpc) is 3.16. The maximum Gasteiger partial charge on any atom is 0.248 e. The van der Waals surface area contributed by atoms with E-state index in [2.05, 4.69) is 26.9 Å². The predicted molar refractivity (Wildman–Crippen MR) is 93.5 cm³/mol. The van der Waals surface area contributed by atoms with E-state index in [1.165, 1.54) is 0 Å². The normalized spacial score (nSPS) is 15.8. The van der Waals surface area contributed by atoms with Crippen LogP contribution in [0.15, 0.2) is 54.6 Å². The molecule has 0 unspecified atom stereocenters. The Kier molecular flexibility index (Phi) is 3.81. The van der Waals surface area contributed by atoms with Crippen LogP contribution in [0.4, 0.5) is 5.95 Å². The summed E-state index contributed by atoms with van der Waals surface area (Å²) in [6.45, 7) is 0. The molecular formula is C18H17N5O2. The number of methoxy groups -OCH3 is 2. The highest BCUT2D eigenvalue weighted by molar-refractivity contribution is 5.77. The fourth-order valence-electron chi connectivity index (χ4n) is 2.83. The number of allylic oxidation sites excluding steroid dienone is 1. The summed E-state index contributed by atoms with van der Waals surface area (Å²) in [6, 6.07) is 15.7. The standard InChI is InChI=1S/C18H17N5O2/c1-24-14-7-3-12(4-8-14)16-11-17(23-18(19-16)20-21-22-23)13-5-9-15(25-2)10-6-13/h3-11,17H,1-2H3,(H,19,20,22)/t17-/m1/s1. The number of nitrogens with zero attached hydrogens (tertiary/aromatic N) is 4. The third kappa shape index (κ3) is 2.80. The van der Waals surface area contributed by atoms with Gasteiger partial charge in [-0.25, -0.2) is 0 Å². The van der Waals surface area contributed by atoms with Crippen LogP contribution in [0.25, 0.3) is 5.70 Å². The number of ether oxygens (including phenoxy) is 2. The number of fused-ring (bicyclic) bond motifs is 1. The predicted octanol–water partition coefficient (Wildman–Crippen LogP) is 2.75. The van der Waals surface area contributed by atoms with Crippen molar-refractivity contribution in [2.24, 2.45) is 0 Å². The minimum atomic E-state index is -0.103. The molecule has 0 bridgehead atoms. The van der Waals surface area contributed by atoms with Crippen molar-refractivity contribution < 1.29 is 9.47 Å². The van der Waals surface area contributed by atoms with Gasteiger partial charge in [0.1, 0.15) is 17.5 Å². The van der Waals surface area contributed by atoms with Crippen molar-refractivity contribution in [1.29, 1.82) is 0 Å². The molecule has 0 amide bonds. The number of aromatic nitrogens is 4. The summed E-state index contributed by atoms with van der Waals surface area (Å²) in [6.07, 6.45) is 2.10. The van der Waals surface area contributed by atoms with E-state index in [0.29, 0.717) is 5.95 Å². The molecular weight excluding hydrogens is 318 g/mol. The summed E-state index contributed by atoms with van der Waals surface area (Å²) in [5.41, 5.74) is 3.06. The lowest BCUT2D eigenvalue weighted by molar-refractivity contribution is 0.414. The zero-order valence-electron chi connectivity index (χ0n) is 13.9. The van der Waals surface area contributed by atoms with E-state index in [9.17, 15) is 0 Å². The molecule has 1 aliphatic heterocycles. The Morgan fingerprint density at radius 2 is 1.56 bits per heavy atom. The largest absolute Gasteiger partial charge is 0.497 e. The lowest BCUT2D eigenvalue weighted by Gasteiger charge is -2.23. The molecule has 2 heterocycles. The maximum absolute atomic E-state index is 5.24. The number of nitrogens with one attached hydrogen (secondary N) is 1. The first-order valence-corrected chi connectivity index (χ1v) is 7.83. The van der Waals surface area contributed by atoms with Crippen LogP contribution in [-0.2, 0) is 0 Å². The number of benzene rings is 2. The van der Waals surface area contributed by atoms with E-state index in [1.807, 2.05) is 48.5 Å². The third-order valence-corrected chi connectivity index (χ3v) is 4.19. The van der Waals surface area contributed by atoms with Gasteiger partial charge in [0.25, 0.3) is 0 Å². The van der Waals surface area contributed by atoms with Gasteiger partial charge in [-0.2, -0.15) is 4.68 Å². The number of tetrazole rings is 1. The second kappa shape index (κ2) is 6.27. The van der Waals surface area contributed by atoms with Crippen molar-refractivity contribution in [2.45, 2.75) is 6.04 Å². The van der Waals surface area contributed by atoms with E-state index in [-0.39, 0.29) is 6.04 Å². The highest BCUT2D eigenvalue weighted by atomic mass is 16.5. The van der Waals surface area contributed by atoms with Crippen LogP contribution < -0.4 is 14.8 Å². The van der Waals surface area contributed by atoms with Gasteiger partial charge < -0.3 is 14.8 Å². The van der Waals surface area contributed by atoms with Crippen molar-refractivity contribution >= 4 is 11.6 Å². The first-order chi connectivity index (χ1) is 12.3. The zero-order valence-corrected chi connectivity index (χ0v) is 13.9. The molecule has 1 aromatic heterocycles. The molecule has 7 nitrogen and oxygen atoms in total. The minimum absolute atomic E-state index is 0.103. The molecule has 0 fully saturated rings. The molecule has 0 spiro atoms. The fraction of sp³-hybridized carbons (Fsp3) is 0.167. The van der Waals surface area contributed by atoms with Crippen LogP contribution in [0.5, 0.6) is 11.5 Å². The summed E-state index contributed by atoms with van der Waals surface area (Å²) in [4.78, 5) is 0. The van der Waals surface area contributed by atoms with Crippen LogP contribution in [0, 0.1) is 0 Å². The lowest BCUT2D eigenvalue weighted by Crippen LogP contribution is -2.20. The van der Waals surface area contributed by atoms with Crippen LogP contribution in [0.2, 0.25) is 0 Å². The van der Waals surface area contributed by atoms with Gasteiger partial charge in [0.2, 0.25) is 5.95 Å². The molecule has 0 radical (unpaired) electrons. The van der Waals surface area contributed by atoms with Crippen molar-refractivity contribution in [3.63, 3.8) is 0 Å². The summed E-state index contributed by atoms with van der Waals surface area (Å²) in [5, 5.41) is 15.3. The monoisotopic (exact) mass is 335 g/mol. The van der Waals surface area contributed by atoms with Gasteiger partial charge in [0, 0.05) is 5.70 Å². The van der Waals surface area contributed by atoms with E-state index in [1.54, 1.807) is 18.9 Å². The topological polar surface area (TPSA) is 74.1 Å². The average molecular weight is 335 g/mol. The summed E-state index contributed by atoms with van der Waals surface area (Å²) in [5.74, 6) is 2.24. The van der Waals surface area contributed by atoms with Gasteiger partial charge in [-0.1, -0.05) is 17.2 Å². The van der Waals surface area contributed by atoms with Gasteiger partial charge in [-0.05, 0) is 64.0 Å². The van der Waals surface area contributed by atoms with Crippen molar-refractivity contribution in [3.05, 3.63) is 65.7 Å². The van der Waals surface area contributed by atoms with E-state index in [4.69, 9.17) is 9.47 Å². The molecule has 0 saturated heterocycles. The SMILES string of the molecule is COc1ccc(C2=C[C@H](c3ccc(OC)cc3)n3nnnc3N2)cc1. The second-order valence-corrected chi connectivity index (χ2v) is 5.60. The van der Waals surface area contributed by atoms with Crippen LogP contribution in [0.1, 0.15) is 17.2 Å². The number of hydrogen-bond acceptors (Lipinski definition) is 6. The molecule has 4 rings (SSSR count). The first-order valence-electron chi connectivity index (χ1n) is 7.83. The lowest BCUT2D eigenvalue weighted by atomic mass is 10.0. The van der Waals surface area contributed by atoms with Crippen molar-refractivity contribution in [3.8, 4) is 11.5 Å². The summed E-state index contributed by atoms with van der Waals surface area (Å²) in [7, 11) is 3.31. The van der Waals surface area contributed by atoms with Crippen molar-refractivity contribution in [1.82, 2.24) is 20.2 Å². The Morgan fingerprint density at radius 1 is 0.920 bits per heavy atom. The van der Waals surface area contributed by atoms with Gasteiger partial charge in [-0.3, -0.25) is 0 Å². The Balaban J connectivity index is 1.74. The maximum atomic E-state index is 5.24.